The van der Waals surface area contributed by atoms with Crippen molar-refractivity contribution in [1.82, 2.24) is 10.6 Å². The number of halogens is 4. The van der Waals surface area contributed by atoms with Gasteiger partial charge < -0.3 is 15.4 Å². The Bertz CT molecular complexity index is 993. The number of nitrogens with one attached hydrogen (secondary N) is 2. The normalized spacial score (nSPS) is 18.3. The van der Waals surface area contributed by atoms with E-state index in [0.29, 0.717) is 17.7 Å². The van der Waals surface area contributed by atoms with Gasteiger partial charge in [-0.2, -0.15) is 13.2 Å². The predicted octanol–water partition coefficient (Wildman–Crippen LogP) is 4.14. The fourth-order valence-corrected chi connectivity index (χ4v) is 3.93. The van der Waals surface area contributed by atoms with Crippen LogP contribution in [0.15, 0.2) is 42.5 Å². The zero-order chi connectivity index (χ0) is 23.4. The number of hydrogen-bond donors (Lipinski definition) is 2. The van der Waals surface area contributed by atoms with Crippen molar-refractivity contribution in [2.75, 3.05) is 7.11 Å². The zero-order valence-corrected chi connectivity index (χ0v) is 17.5. The molecule has 1 heterocycles. The lowest BCUT2D eigenvalue weighted by atomic mass is 9.84. The number of benzene rings is 2. The molecule has 0 unspecified atom stereocenters. The van der Waals surface area contributed by atoms with Crippen LogP contribution in [-0.2, 0) is 28.7 Å². The Morgan fingerprint density at radius 2 is 1.94 bits per heavy atom. The molecular formula is C23H24F4N2O3. The van der Waals surface area contributed by atoms with Crippen LogP contribution in [0.1, 0.15) is 42.4 Å². The third kappa shape index (κ3) is 5.77. The molecule has 172 valence electrons. The summed E-state index contributed by atoms with van der Waals surface area (Å²) in [6.07, 6.45) is -3.41. The first-order valence-corrected chi connectivity index (χ1v) is 10.2. The van der Waals surface area contributed by atoms with Gasteiger partial charge in [-0.25, -0.2) is 4.39 Å². The van der Waals surface area contributed by atoms with E-state index in [9.17, 15) is 27.2 Å². The molecule has 1 aliphatic rings. The Kier molecular flexibility index (Phi) is 7.06. The molecule has 1 aliphatic heterocycles. The minimum atomic E-state index is -4.51. The highest BCUT2D eigenvalue weighted by Gasteiger charge is 2.38. The first-order valence-electron chi connectivity index (χ1n) is 10.2. The molecule has 0 radical (unpaired) electrons. The zero-order valence-electron chi connectivity index (χ0n) is 17.5. The van der Waals surface area contributed by atoms with E-state index >= 15 is 0 Å². The topological polar surface area (TPSA) is 67.4 Å². The summed E-state index contributed by atoms with van der Waals surface area (Å²) in [7, 11) is 1.43. The SMILES string of the molecule is COc1ccc(C[C@@]2(CCC(=O)NCc3ccccc3C(F)(F)F)CCC(=O)N2)c(F)c1. The number of alkyl halides is 3. The molecule has 2 amide bonds. The summed E-state index contributed by atoms with van der Waals surface area (Å²) in [5, 5.41) is 5.38. The molecule has 2 aromatic rings. The Hall–Kier alpha value is -3.10. The van der Waals surface area contributed by atoms with Crippen molar-refractivity contribution in [2.45, 2.75) is 50.4 Å². The predicted molar refractivity (Wildman–Crippen MR) is 109 cm³/mol. The highest BCUT2D eigenvalue weighted by atomic mass is 19.4. The first-order chi connectivity index (χ1) is 15.1. The van der Waals surface area contributed by atoms with Crippen LogP contribution in [0, 0.1) is 5.82 Å². The molecule has 3 rings (SSSR count). The summed E-state index contributed by atoms with van der Waals surface area (Å²) in [6.45, 7) is -0.263. The average Bonchev–Trinajstić information content (AvgIpc) is 3.12. The Morgan fingerprint density at radius 1 is 1.19 bits per heavy atom. The molecule has 2 N–H and O–H groups in total. The molecule has 1 atom stereocenters. The van der Waals surface area contributed by atoms with Crippen molar-refractivity contribution < 1.29 is 31.9 Å². The summed E-state index contributed by atoms with van der Waals surface area (Å²) in [6, 6.07) is 9.50. The lowest BCUT2D eigenvalue weighted by Crippen LogP contribution is -2.44. The number of hydrogen-bond acceptors (Lipinski definition) is 3. The van der Waals surface area contributed by atoms with Crippen LogP contribution in [0.4, 0.5) is 17.6 Å². The second-order valence-corrected chi connectivity index (χ2v) is 7.89. The van der Waals surface area contributed by atoms with Crippen molar-refractivity contribution in [3.63, 3.8) is 0 Å². The number of carbonyl (C=O) groups is 2. The van der Waals surface area contributed by atoms with E-state index in [2.05, 4.69) is 10.6 Å². The lowest BCUT2D eigenvalue weighted by Gasteiger charge is -2.29. The van der Waals surface area contributed by atoms with Crippen LogP contribution < -0.4 is 15.4 Å². The number of carbonyl (C=O) groups excluding carboxylic acids is 2. The third-order valence-corrected chi connectivity index (χ3v) is 5.65. The van der Waals surface area contributed by atoms with Gasteiger partial charge in [-0.1, -0.05) is 24.3 Å². The Labute approximate surface area is 183 Å². The fraction of sp³-hybridized carbons (Fsp3) is 0.391. The largest absolute Gasteiger partial charge is 0.497 e. The monoisotopic (exact) mass is 452 g/mol. The molecule has 0 aromatic heterocycles. The molecule has 1 fully saturated rings. The number of amides is 2. The quantitative estimate of drug-likeness (QED) is 0.592. The van der Waals surface area contributed by atoms with Crippen LogP contribution in [-0.4, -0.2) is 24.5 Å². The highest BCUT2D eigenvalue weighted by molar-refractivity contribution is 5.80. The molecule has 0 spiro atoms. The molecule has 9 heteroatoms. The number of methoxy groups -OCH3 is 1. The van der Waals surface area contributed by atoms with Crippen molar-refractivity contribution in [3.8, 4) is 5.75 Å². The van der Waals surface area contributed by atoms with Crippen molar-refractivity contribution >= 4 is 11.8 Å². The molecule has 0 bridgehead atoms. The van der Waals surface area contributed by atoms with Gasteiger partial charge in [0.2, 0.25) is 11.8 Å². The molecule has 32 heavy (non-hydrogen) atoms. The van der Waals surface area contributed by atoms with E-state index in [0.717, 1.165) is 6.07 Å². The van der Waals surface area contributed by atoms with Gasteiger partial charge in [0, 0.05) is 31.0 Å². The van der Waals surface area contributed by atoms with Crippen LogP contribution in [0.25, 0.3) is 0 Å². The first kappa shape index (κ1) is 23.6. The summed E-state index contributed by atoms with van der Waals surface area (Å²) < 4.78 is 58.8. The fourth-order valence-electron chi connectivity index (χ4n) is 3.93. The van der Waals surface area contributed by atoms with Gasteiger partial charge in [-0.3, -0.25) is 9.59 Å². The smallest absolute Gasteiger partial charge is 0.416 e. The van der Waals surface area contributed by atoms with Gasteiger partial charge in [-0.05, 0) is 42.5 Å². The molecule has 0 aliphatic carbocycles. The average molecular weight is 452 g/mol. The maximum Gasteiger partial charge on any atom is 0.416 e. The Balaban J connectivity index is 1.64. The van der Waals surface area contributed by atoms with E-state index < -0.39 is 29.0 Å². The van der Waals surface area contributed by atoms with E-state index in [4.69, 9.17) is 4.74 Å². The molecular weight excluding hydrogens is 428 g/mol. The van der Waals surface area contributed by atoms with Gasteiger partial charge in [0.25, 0.3) is 0 Å². The summed E-state index contributed by atoms with van der Waals surface area (Å²) in [5.74, 6) is -0.733. The highest BCUT2D eigenvalue weighted by Crippen LogP contribution is 2.33. The maximum atomic E-state index is 14.4. The summed E-state index contributed by atoms with van der Waals surface area (Å²) >= 11 is 0. The molecule has 1 saturated heterocycles. The lowest BCUT2D eigenvalue weighted by molar-refractivity contribution is -0.138. The third-order valence-electron chi connectivity index (χ3n) is 5.65. The van der Waals surface area contributed by atoms with Crippen molar-refractivity contribution in [2.24, 2.45) is 0 Å². The van der Waals surface area contributed by atoms with E-state index in [-0.39, 0.29) is 43.7 Å². The van der Waals surface area contributed by atoms with Gasteiger partial charge in [0.1, 0.15) is 11.6 Å². The van der Waals surface area contributed by atoms with Crippen molar-refractivity contribution in [1.29, 1.82) is 0 Å². The summed E-state index contributed by atoms with van der Waals surface area (Å²) in [4.78, 5) is 24.3. The van der Waals surface area contributed by atoms with Crippen LogP contribution >= 0.6 is 0 Å². The summed E-state index contributed by atoms with van der Waals surface area (Å²) in [5.41, 5.74) is -1.24. The molecule has 0 saturated carbocycles. The van der Waals surface area contributed by atoms with E-state index in [1.54, 1.807) is 12.1 Å². The standard InChI is InChI=1S/C23H24F4N2O3/c1-32-17-7-6-15(19(24)12-17)13-22(11-9-21(31)29-22)10-8-20(30)28-14-16-4-2-3-5-18(16)23(25,26)27/h2-7,12H,8-11,13-14H2,1H3,(H,28,30)(H,29,31)/t22-/m1/s1. The van der Waals surface area contributed by atoms with E-state index in [1.165, 1.54) is 31.4 Å². The van der Waals surface area contributed by atoms with Crippen molar-refractivity contribution in [3.05, 3.63) is 65.0 Å². The number of ether oxygens (including phenoxy) is 1. The van der Waals surface area contributed by atoms with Crippen LogP contribution in [0.5, 0.6) is 5.75 Å². The number of rotatable bonds is 8. The van der Waals surface area contributed by atoms with E-state index in [1.807, 2.05) is 0 Å². The van der Waals surface area contributed by atoms with Gasteiger partial charge >= 0.3 is 6.18 Å². The molecule has 5 nitrogen and oxygen atoms in total. The van der Waals surface area contributed by atoms with Crippen LogP contribution in [0.3, 0.4) is 0 Å². The van der Waals surface area contributed by atoms with Gasteiger partial charge in [0.15, 0.2) is 0 Å². The minimum Gasteiger partial charge on any atom is -0.497 e. The molecule has 2 aromatic carbocycles. The van der Waals surface area contributed by atoms with Crippen LogP contribution in [0.2, 0.25) is 0 Å². The van der Waals surface area contributed by atoms with Gasteiger partial charge in [0.05, 0.1) is 12.7 Å². The Morgan fingerprint density at radius 3 is 2.56 bits per heavy atom. The second kappa shape index (κ2) is 9.58. The minimum absolute atomic E-state index is 0.0216. The maximum absolute atomic E-state index is 14.4. The second-order valence-electron chi connectivity index (χ2n) is 7.89. The van der Waals surface area contributed by atoms with Gasteiger partial charge in [-0.15, -0.1) is 0 Å².